The highest BCUT2D eigenvalue weighted by molar-refractivity contribution is 9.11. The van der Waals surface area contributed by atoms with Gasteiger partial charge in [0.15, 0.2) is 0 Å². The van der Waals surface area contributed by atoms with Gasteiger partial charge < -0.3 is 0 Å². The number of nitrogens with one attached hydrogen (secondary N) is 1. The van der Waals surface area contributed by atoms with Crippen LogP contribution in [0, 0.1) is 6.92 Å². The summed E-state index contributed by atoms with van der Waals surface area (Å²) in [4.78, 5) is 0. The van der Waals surface area contributed by atoms with E-state index in [1.807, 2.05) is 0 Å². The Bertz CT molecular complexity index is 682. The van der Waals surface area contributed by atoms with Crippen molar-refractivity contribution in [3.05, 3.63) is 44.7 Å². The zero-order chi connectivity index (χ0) is 13.3. The van der Waals surface area contributed by atoms with Crippen LogP contribution in [0.3, 0.4) is 0 Å². The number of anilines is 1. The van der Waals surface area contributed by atoms with E-state index >= 15 is 0 Å². The number of halogens is 2. The molecule has 2 rings (SSSR count). The molecule has 0 spiro atoms. The topological polar surface area (TPSA) is 46.2 Å². The summed E-state index contributed by atoms with van der Waals surface area (Å²) in [6, 6.07) is 8.27. The molecule has 0 atom stereocenters. The predicted octanol–water partition coefficient (Wildman–Crippen LogP) is 4.27. The van der Waals surface area contributed by atoms with Gasteiger partial charge in [0.25, 0.3) is 10.0 Å². The van der Waals surface area contributed by atoms with Crippen LogP contribution in [0.1, 0.15) is 5.56 Å². The molecule has 1 N–H and O–H groups in total. The number of rotatable bonds is 3. The molecule has 1 aromatic heterocycles. The maximum Gasteiger partial charge on any atom is 0.271 e. The highest BCUT2D eigenvalue weighted by Gasteiger charge is 2.17. The molecular formula is C11H9BrClNO2S2. The first kappa shape index (κ1) is 13.9. The first-order chi connectivity index (χ1) is 8.38. The van der Waals surface area contributed by atoms with Crippen molar-refractivity contribution < 1.29 is 8.42 Å². The maximum atomic E-state index is 12.1. The summed E-state index contributed by atoms with van der Waals surface area (Å²) in [6.07, 6.45) is 0. The van der Waals surface area contributed by atoms with Crippen molar-refractivity contribution in [3.8, 4) is 0 Å². The summed E-state index contributed by atoms with van der Waals surface area (Å²) in [5.74, 6) is 0. The van der Waals surface area contributed by atoms with Crippen molar-refractivity contribution in [1.29, 1.82) is 0 Å². The summed E-state index contributed by atoms with van der Waals surface area (Å²) < 4.78 is 27.8. The third-order valence-corrected chi connectivity index (χ3v) is 5.96. The molecule has 0 radical (unpaired) electrons. The van der Waals surface area contributed by atoms with Gasteiger partial charge in [-0.15, -0.1) is 11.3 Å². The zero-order valence-electron chi connectivity index (χ0n) is 9.28. The molecule has 0 fully saturated rings. The Balaban J connectivity index is 2.33. The van der Waals surface area contributed by atoms with Crippen LogP contribution in [0.4, 0.5) is 5.69 Å². The zero-order valence-corrected chi connectivity index (χ0v) is 13.3. The van der Waals surface area contributed by atoms with E-state index in [-0.39, 0.29) is 4.21 Å². The second-order valence-electron chi connectivity index (χ2n) is 3.62. The monoisotopic (exact) mass is 365 g/mol. The van der Waals surface area contributed by atoms with Crippen molar-refractivity contribution in [1.82, 2.24) is 0 Å². The summed E-state index contributed by atoms with van der Waals surface area (Å²) in [6.45, 7) is 1.80. The Labute approximate surface area is 123 Å². The van der Waals surface area contributed by atoms with E-state index in [4.69, 9.17) is 11.6 Å². The van der Waals surface area contributed by atoms with Gasteiger partial charge in [0.2, 0.25) is 0 Å². The van der Waals surface area contributed by atoms with Gasteiger partial charge in [-0.25, -0.2) is 8.42 Å². The number of benzene rings is 1. The third-order valence-electron chi connectivity index (χ3n) is 2.25. The van der Waals surface area contributed by atoms with E-state index in [0.717, 1.165) is 20.7 Å². The minimum absolute atomic E-state index is 0.267. The molecule has 0 bridgehead atoms. The number of hydrogen-bond acceptors (Lipinski definition) is 3. The van der Waals surface area contributed by atoms with Gasteiger partial charge >= 0.3 is 0 Å². The molecule has 0 aliphatic rings. The van der Waals surface area contributed by atoms with Crippen LogP contribution in [0.25, 0.3) is 0 Å². The van der Waals surface area contributed by atoms with Crippen molar-refractivity contribution >= 4 is 54.6 Å². The molecule has 0 saturated carbocycles. The summed E-state index contributed by atoms with van der Waals surface area (Å²) in [5.41, 5.74) is 1.31. The molecule has 3 nitrogen and oxygen atoms in total. The van der Waals surface area contributed by atoms with Crippen molar-refractivity contribution in [2.45, 2.75) is 11.1 Å². The van der Waals surface area contributed by atoms with E-state index in [9.17, 15) is 8.42 Å². The molecule has 2 aromatic rings. The van der Waals surface area contributed by atoms with Crippen LogP contribution in [0.5, 0.6) is 0 Å². The van der Waals surface area contributed by atoms with E-state index in [0.29, 0.717) is 10.7 Å². The van der Waals surface area contributed by atoms with Crippen LogP contribution in [-0.4, -0.2) is 8.42 Å². The lowest BCUT2D eigenvalue weighted by Crippen LogP contribution is -2.12. The second-order valence-corrected chi connectivity index (χ2v) is 8.43. The van der Waals surface area contributed by atoms with Crippen LogP contribution in [-0.2, 0) is 10.0 Å². The van der Waals surface area contributed by atoms with Crippen molar-refractivity contribution in [2.75, 3.05) is 4.72 Å². The van der Waals surface area contributed by atoms with E-state index in [2.05, 4.69) is 20.7 Å². The molecule has 7 heteroatoms. The Kier molecular flexibility index (Phi) is 4.01. The van der Waals surface area contributed by atoms with E-state index in [1.54, 1.807) is 37.3 Å². The number of hydrogen-bond donors (Lipinski definition) is 1. The average molecular weight is 367 g/mol. The Hall–Kier alpha value is -0.560. The van der Waals surface area contributed by atoms with E-state index < -0.39 is 10.0 Å². The highest BCUT2D eigenvalue weighted by Crippen LogP contribution is 2.28. The Morgan fingerprint density at radius 3 is 2.56 bits per heavy atom. The number of aryl methyl sites for hydroxylation is 1. The molecular weight excluding hydrogens is 358 g/mol. The fraction of sp³-hybridized carbons (Fsp3) is 0.0909. The smallest absolute Gasteiger partial charge is 0.271 e. The standard InChI is InChI=1S/C11H9BrClNO2S2/c1-7-6-8(13)2-3-9(7)14-18(15,16)11-5-4-10(12)17-11/h2-6,14H,1H3. The molecule has 1 heterocycles. The quantitative estimate of drug-likeness (QED) is 0.881. The van der Waals surface area contributed by atoms with Gasteiger partial charge in [-0.2, -0.15) is 0 Å². The third kappa shape index (κ3) is 3.06. The second kappa shape index (κ2) is 5.21. The Morgan fingerprint density at radius 1 is 1.28 bits per heavy atom. The summed E-state index contributed by atoms with van der Waals surface area (Å²) in [7, 11) is -3.53. The lowest BCUT2D eigenvalue weighted by Gasteiger charge is -2.09. The molecule has 0 saturated heterocycles. The van der Waals surface area contributed by atoms with Crippen LogP contribution < -0.4 is 4.72 Å². The minimum atomic E-state index is -3.53. The van der Waals surface area contributed by atoms with Gasteiger partial charge in [0, 0.05) is 5.02 Å². The predicted molar refractivity (Wildman–Crippen MR) is 79.0 cm³/mol. The first-order valence-electron chi connectivity index (χ1n) is 4.93. The molecule has 0 unspecified atom stereocenters. The molecule has 96 valence electrons. The minimum Gasteiger partial charge on any atom is -0.279 e. The van der Waals surface area contributed by atoms with Gasteiger partial charge in [-0.1, -0.05) is 11.6 Å². The Morgan fingerprint density at radius 2 is 2.00 bits per heavy atom. The van der Waals surface area contributed by atoms with Crippen LogP contribution >= 0.6 is 38.9 Å². The van der Waals surface area contributed by atoms with Crippen LogP contribution in [0.15, 0.2) is 38.3 Å². The molecule has 0 aliphatic heterocycles. The largest absolute Gasteiger partial charge is 0.279 e. The van der Waals surface area contributed by atoms with Crippen LogP contribution in [0.2, 0.25) is 5.02 Å². The fourth-order valence-corrected chi connectivity index (χ4v) is 4.75. The van der Waals surface area contributed by atoms with E-state index in [1.165, 1.54) is 0 Å². The molecule has 1 aromatic carbocycles. The first-order valence-corrected chi connectivity index (χ1v) is 8.40. The lowest BCUT2D eigenvalue weighted by atomic mass is 10.2. The van der Waals surface area contributed by atoms with Gasteiger partial charge in [0.05, 0.1) is 9.47 Å². The van der Waals surface area contributed by atoms with Gasteiger partial charge in [0.1, 0.15) is 4.21 Å². The molecule has 0 amide bonds. The molecule has 18 heavy (non-hydrogen) atoms. The summed E-state index contributed by atoms with van der Waals surface area (Å²) in [5, 5.41) is 0.578. The number of sulfonamides is 1. The lowest BCUT2D eigenvalue weighted by molar-refractivity contribution is 0.603. The maximum absolute atomic E-state index is 12.1. The molecule has 0 aliphatic carbocycles. The SMILES string of the molecule is Cc1cc(Cl)ccc1NS(=O)(=O)c1ccc(Br)s1. The fourth-order valence-electron chi connectivity index (χ4n) is 1.38. The van der Waals surface area contributed by atoms with Crippen molar-refractivity contribution in [3.63, 3.8) is 0 Å². The highest BCUT2D eigenvalue weighted by atomic mass is 79.9. The van der Waals surface area contributed by atoms with Gasteiger partial charge in [-0.3, -0.25) is 4.72 Å². The average Bonchev–Trinajstić information content (AvgIpc) is 2.70. The van der Waals surface area contributed by atoms with Gasteiger partial charge in [-0.05, 0) is 58.7 Å². The van der Waals surface area contributed by atoms with Crippen molar-refractivity contribution in [2.24, 2.45) is 0 Å². The summed E-state index contributed by atoms with van der Waals surface area (Å²) >= 11 is 10.2. The normalized spacial score (nSPS) is 11.5. The number of thiophene rings is 1.